The Bertz CT molecular complexity index is 560. The number of hydrogen-bond donors (Lipinski definition) is 0. The fourth-order valence-corrected chi connectivity index (χ4v) is 3.15. The van der Waals surface area contributed by atoms with Crippen LogP contribution in [0.4, 0.5) is 0 Å². The molecule has 1 atom stereocenters. The van der Waals surface area contributed by atoms with Crippen LogP contribution in [0.25, 0.3) is 6.08 Å². The van der Waals surface area contributed by atoms with Gasteiger partial charge < -0.3 is 9.47 Å². The molecule has 21 heavy (non-hydrogen) atoms. The maximum absolute atomic E-state index is 11.6. The third-order valence-corrected chi connectivity index (χ3v) is 4.41. The van der Waals surface area contributed by atoms with E-state index in [-0.39, 0.29) is 18.0 Å². The first-order chi connectivity index (χ1) is 10.0. The van der Waals surface area contributed by atoms with Crippen LogP contribution in [0.1, 0.15) is 25.3 Å². The van der Waals surface area contributed by atoms with Crippen molar-refractivity contribution in [2.75, 3.05) is 13.9 Å². The highest BCUT2D eigenvalue weighted by molar-refractivity contribution is 14.1. The second-order valence-corrected chi connectivity index (χ2v) is 6.54. The molecule has 0 bridgehead atoms. The molecule has 0 spiro atoms. The third kappa shape index (κ3) is 4.68. The second kappa shape index (κ2) is 7.22. The summed E-state index contributed by atoms with van der Waals surface area (Å²) in [7, 11) is 1.60. The fraction of sp³-hybridized carbons (Fsp3) is 0.353. The molecule has 112 valence electrons. The Balaban J connectivity index is 2.05. The van der Waals surface area contributed by atoms with E-state index in [1.165, 1.54) is 0 Å². The van der Waals surface area contributed by atoms with Gasteiger partial charge in [0.1, 0.15) is 5.75 Å². The van der Waals surface area contributed by atoms with Crippen LogP contribution >= 0.6 is 22.6 Å². The lowest BCUT2D eigenvalue weighted by Crippen LogP contribution is -2.18. The molecule has 1 aromatic rings. The van der Waals surface area contributed by atoms with Crippen LogP contribution in [0.2, 0.25) is 0 Å². The maximum atomic E-state index is 11.6. The van der Waals surface area contributed by atoms with Crippen molar-refractivity contribution in [1.29, 1.82) is 0 Å². The van der Waals surface area contributed by atoms with Crippen molar-refractivity contribution in [3.8, 4) is 5.75 Å². The first-order valence-electron chi connectivity index (χ1n) is 6.85. The molecule has 3 nitrogen and oxygen atoms in total. The quantitative estimate of drug-likeness (QED) is 0.546. The normalized spacial score (nSPS) is 22.4. The van der Waals surface area contributed by atoms with E-state index in [1.807, 2.05) is 24.3 Å². The van der Waals surface area contributed by atoms with Crippen molar-refractivity contribution in [3.05, 3.63) is 45.6 Å². The van der Waals surface area contributed by atoms with Gasteiger partial charge in [0.2, 0.25) is 0 Å². The Morgan fingerprint density at radius 1 is 1.33 bits per heavy atom. The number of methoxy groups -OCH3 is 1. The van der Waals surface area contributed by atoms with E-state index in [2.05, 4.69) is 47.7 Å². The second-order valence-electron chi connectivity index (χ2n) is 5.37. The number of ether oxygens (including phenoxy) is 2. The van der Waals surface area contributed by atoms with Gasteiger partial charge in [-0.3, -0.25) is 4.79 Å². The van der Waals surface area contributed by atoms with Gasteiger partial charge in [0.15, 0.2) is 12.6 Å². The molecule has 0 fully saturated rings. The van der Waals surface area contributed by atoms with Gasteiger partial charge >= 0.3 is 0 Å². The largest absolute Gasteiger partial charge is 0.468 e. The van der Waals surface area contributed by atoms with Crippen molar-refractivity contribution in [1.82, 2.24) is 0 Å². The van der Waals surface area contributed by atoms with Gasteiger partial charge in [-0.05, 0) is 46.7 Å². The summed E-state index contributed by atoms with van der Waals surface area (Å²) < 4.78 is 11.1. The lowest BCUT2D eigenvalue weighted by atomic mass is 9.80. The van der Waals surface area contributed by atoms with Crippen molar-refractivity contribution in [2.45, 2.75) is 19.8 Å². The molecule has 2 rings (SSSR count). The first kappa shape index (κ1) is 16.2. The molecule has 4 heteroatoms. The lowest BCUT2D eigenvalue weighted by Gasteiger charge is -2.26. The zero-order valence-electron chi connectivity index (χ0n) is 12.3. The monoisotopic (exact) mass is 398 g/mol. The van der Waals surface area contributed by atoms with Gasteiger partial charge in [-0.15, -0.1) is 0 Å². The molecule has 0 heterocycles. The van der Waals surface area contributed by atoms with Gasteiger partial charge in [-0.1, -0.05) is 37.3 Å². The smallest absolute Gasteiger partial charge is 0.188 e. The van der Waals surface area contributed by atoms with Crippen molar-refractivity contribution >= 4 is 34.5 Å². The van der Waals surface area contributed by atoms with E-state index in [0.29, 0.717) is 6.42 Å². The van der Waals surface area contributed by atoms with Crippen molar-refractivity contribution < 1.29 is 14.3 Å². The minimum Gasteiger partial charge on any atom is -0.468 e. The summed E-state index contributed by atoms with van der Waals surface area (Å²) in [6.45, 7) is 2.41. The predicted molar refractivity (Wildman–Crippen MR) is 92.4 cm³/mol. The maximum Gasteiger partial charge on any atom is 0.188 e. The molecule has 0 N–H and O–H groups in total. The van der Waals surface area contributed by atoms with E-state index in [9.17, 15) is 4.79 Å². The molecular weight excluding hydrogens is 379 g/mol. The number of allylic oxidation sites excluding steroid dienone is 3. The van der Waals surface area contributed by atoms with Crippen LogP contribution in [0.15, 0.2) is 40.0 Å². The van der Waals surface area contributed by atoms with Crippen LogP contribution < -0.4 is 4.74 Å². The summed E-state index contributed by atoms with van der Waals surface area (Å²) in [4.78, 5) is 11.6. The number of carbonyl (C=O) groups is 1. The Labute approximate surface area is 139 Å². The highest BCUT2D eigenvalue weighted by Gasteiger charge is 2.26. The number of halogens is 1. The molecule has 0 saturated carbocycles. The number of ketones is 1. The minimum atomic E-state index is -0.0460. The summed E-state index contributed by atoms with van der Waals surface area (Å²) in [6.07, 6.45) is 7.81. The average Bonchev–Trinajstić information content (AvgIpc) is 2.48. The van der Waals surface area contributed by atoms with E-state index >= 15 is 0 Å². The number of rotatable bonds is 5. The Kier molecular flexibility index (Phi) is 5.58. The van der Waals surface area contributed by atoms with E-state index in [4.69, 9.17) is 9.47 Å². The molecule has 0 aliphatic heterocycles. The van der Waals surface area contributed by atoms with Crippen LogP contribution in [0.5, 0.6) is 5.75 Å². The fourth-order valence-electron chi connectivity index (χ4n) is 2.16. The summed E-state index contributed by atoms with van der Waals surface area (Å²) in [5, 5.41) is 0. The van der Waals surface area contributed by atoms with Crippen LogP contribution in [-0.2, 0) is 9.53 Å². The van der Waals surface area contributed by atoms with Gasteiger partial charge in [-0.25, -0.2) is 0 Å². The highest BCUT2D eigenvalue weighted by atomic mass is 127. The highest BCUT2D eigenvalue weighted by Crippen LogP contribution is 2.36. The van der Waals surface area contributed by atoms with Crippen LogP contribution in [-0.4, -0.2) is 19.7 Å². The molecule has 0 saturated heterocycles. The molecule has 1 aliphatic carbocycles. The lowest BCUT2D eigenvalue weighted by molar-refractivity contribution is -0.115. The van der Waals surface area contributed by atoms with Gasteiger partial charge in [0.05, 0.1) is 3.58 Å². The summed E-state index contributed by atoms with van der Waals surface area (Å²) >= 11 is 2.13. The Morgan fingerprint density at radius 2 is 2.05 bits per heavy atom. The molecular formula is C17H19IO3. The molecule has 1 aliphatic rings. The Hall–Kier alpha value is -1.14. The summed E-state index contributed by atoms with van der Waals surface area (Å²) in [5.41, 5.74) is 1.07. The number of hydrogen-bond acceptors (Lipinski definition) is 3. The number of benzene rings is 1. The van der Waals surface area contributed by atoms with Gasteiger partial charge in [0, 0.05) is 18.9 Å². The minimum absolute atomic E-state index is 0.0460. The molecule has 1 aromatic carbocycles. The predicted octanol–water partition coefficient (Wildman–Crippen LogP) is 4.37. The SMILES string of the molecule is COCOc1ccc(C=CC2(C)C=C(I)C(=O)CC2)cc1. The molecule has 0 radical (unpaired) electrons. The average molecular weight is 398 g/mol. The van der Waals surface area contributed by atoms with E-state index in [1.54, 1.807) is 7.11 Å². The van der Waals surface area contributed by atoms with Gasteiger partial charge in [-0.2, -0.15) is 0 Å². The first-order valence-corrected chi connectivity index (χ1v) is 7.93. The van der Waals surface area contributed by atoms with Crippen molar-refractivity contribution in [2.24, 2.45) is 5.41 Å². The zero-order chi connectivity index (χ0) is 15.3. The summed E-state index contributed by atoms with van der Waals surface area (Å²) in [6, 6.07) is 7.86. The number of carbonyl (C=O) groups excluding carboxylic acids is 1. The van der Waals surface area contributed by atoms with Crippen LogP contribution in [0.3, 0.4) is 0 Å². The topological polar surface area (TPSA) is 35.5 Å². The van der Waals surface area contributed by atoms with E-state index < -0.39 is 0 Å². The molecule has 1 unspecified atom stereocenters. The molecule has 0 aromatic heterocycles. The third-order valence-electron chi connectivity index (χ3n) is 3.49. The standard InChI is InChI=1S/C17H19IO3/c1-17(10-8-16(19)15(18)11-17)9-7-13-3-5-14(6-4-13)21-12-20-2/h3-7,9,11H,8,10,12H2,1-2H3. The molecule has 0 amide bonds. The van der Waals surface area contributed by atoms with Crippen LogP contribution in [0, 0.1) is 5.41 Å². The van der Waals surface area contributed by atoms with E-state index in [0.717, 1.165) is 21.3 Å². The summed E-state index contributed by atoms with van der Waals surface area (Å²) in [5.74, 6) is 1.04. The van der Waals surface area contributed by atoms with Crippen molar-refractivity contribution in [3.63, 3.8) is 0 Å². The zero-order valence-corrected chi connectivity index (χ0v) is 14.4. The van der Waals surface area contributed by atoms with Gasteiger partial charge in [0.25, 0.3) is 0 Å². The Morgan fingerprint density at radius 3 is 2.67 bits per heavy atom. The number of Topliss-reactive ketones (excluding diaryl/α,β-unsaturated/α-hetero) is 1.